The Hall–Kier alpha value is -0.610. The number of rotatable bonds is 3. The number of thiazole rings is 1. The Morgan fingerprint density at radius 2 is 1.89 bits per heavy atom. The van der Waals surface area contributed by atoms with Gasteiger partial charge in [-0.1, -0.05) is 0 Å². The van der Waals surface area contributed by atoms with Gasteiger partial charge in [0.1, 0.15) is 0 Å². The molecule has 4 heteroatoms. The molecule has 3 heterocycles. The second-order valence-corrected chi connectivity index (χ2v) is 6.92. The largest absolute Gasteiger partial charge is 0.348 e. The van der Waals surface area contributed by atoms with E-state index in [1.165, 1.54) is 57.0 Å². The van der Waals surface area contributed by atoms with Crippen molar-refractivity contribution >= 4 is 16.5 Å². The van der Waals surface area contributed by atoms with Gasteiger partial charge in [-0.3, -0.25) is 0 Å². The molecule has 2 aliphatic heterocycles. The first-order valence-corrected chi connectivity index (χ1v) is 8.53. The molecule has 0 bridgehead atoms. The van der Waals surface area contributed by atoms with Crippen LogP contribution in [-0.2, 0) is 0 Å². The van der Waals surface area contributed by atoms with Gasteiger partial charge in [0.05, 0.1) is 5.69 Å². The number of nitrogens with zero attached hydrogens (tertiary/aromatic N) is 3. The SMILES string of the molecule is Cc1csc(N2CCC([C@H](C)N3CCCC3)CC2)n1. The average molecular weight is 279 g/mol. The summed E-state index contributed by atoms with van der Waals surface area (Å²) < 4.78 is 0. The van der Waals surface area contributed by atoms with Crippen molar-refractivity contribution in [3.8, 4) is 0 Å². The molecule has 1 atom stereocenters. The molecule has 2 fully saturated rings. The number of piperidine rings is 1. The maximum Gasteiger partial charge on any atom is 0.185 e. The molecule has 0 saturated carbocycles. The summed E-state index contributed by atoms with van der Waals surface area (Å²) in [5, 5.41) is 3.39. The van der Waals surface area contributed by atoms with E-state index in [0.717, 1.165) is 17.7 Å². The van der Waals surface area contributed by atoms with Crippen LogP contribution in [0.1, 0.15) is 38.3 Å². The molecular weight excluding hydrogens is 254 g/mol. The van der Waals surface area contributed by atoms with Crippen LogP contribution in [0.4, 0.5) is 5.13 Å². The molecule has 3 rings (SSSR count). The normalized spacial score (nSPS) is 24.0. The molecule has 0 N–H and O–H groups in total. The Kier molecular flexibility index (Phi) is 4.08. The van der Waals surface area contributed by atoms with Crippen LogP contribution in [0.2, 0.25) is 0 Å². The van der Waals surface area contributed by atoms with Crippen LogP contribution in [0.5, 0.6) is 0 Å². The van der Waals surface area contributed by atoms with Crippen molar-refractivity contribution in [2.45, 2.75) is 45.6 Å². The number of anilines is 1. The van der Waals surface area contributed by atoms with Crippen molar-refractivity contribution in [1.82, 2.24) is 9.88 Å². The minimum atomic E-state index is 0.780. The smallest absolute Gasteiger partial charge is 0.185 e. The van der Waals surface area contributed by atoms with Gasteiger partial charge in [-0.05, 0) is 58.5 Å². The maximum atomic E-state index is 4.62. The zero-order valence-electron chi connectivity index (χ0n) is 12.1. The van der Waals surface area contributed by atoms with Crippen molar-refractivity contribution in [1.29, 1.82) is 0 Å². The van der Waals surface area contributed by atoms with Gasteiger partial charge >= 0.3 is 0 Å². The predicted molar refractivity (Wildman–Crippen MR) is 82.1 cm³/mol. The van der Waals surface area contributed by atoms with E-state index in [1.54, 1.807) is 11.3 Å². The van der Waals surface area contributed by atoms with Gasteiger partial charge in [0.15, 0.2) is 5.13 Å². The van der Waals surface area contributed by atoms with E-state index < -0.39 is 0 Å². The van der Waals surface area contributed by atoms with Crippen LogP contribution in [0.3, 0.4) is 0 Å². The highest BCUT2D eigenvalue weighted by Gasteiger charge is 2.29. The molecule has 2 saturated heterocycles. The fourth-order valence-electron chi connectivity index (χ4n) is 3.51. The molecule has 0 unspecified atom stereocenters. The van der Waals surface area contributed by atoms with Crippen molar-refractivity contribution in [2.75, 3.05) is 31.1 Å². The number of aromatic nitrogens is 1. The topological polar surface area (TPSA) is 19.4 Å². The Labute approximate surface area is 120 Å². The number of aryl methyl sites for hydroxylation is 1. The van der Waals surface area contributed by atoms with Crippen LogP contribution in [0, 0.1) is 12.8 Å². The third-order valence-corrected chi connectivity index (χ3v) is 5.84. The second-order valence-electron chi connectivity index (χ2n) is 6.08. The van der Waals surface area contributed by atoms with Crippen LogP contribution >= 0.6 is 11.3 Å². The van der Waals surface area contributed by atoms with Gasteiger partial charge in [-0.15, -0.1) is 11.3 Å². The molecule has 19 heavy (non-hydrogen) atoms. The summed E-state index contributed by atoms with van der Waals surface area (Å²) in [5.74, 6) is 0.885. The van der Waals surface area contributed by atoms with E-state index in [4.69, 9.17) is 0 Å². The quantitative estimate of drug-likeness (QED) is 0.847. The van der Waals surface area contributed by atoms with E-state index in [1.807, 2.05) is 0 Å². The summed E-state index contributed by atoms with van der Waals surface area (Å²) in [6.45, 7) is 9.56. The number of likely N-dealkylation sites (tertiary alicyclic amines) is 1. The lowest BCUT2D eigenvalue weighted by Crippen LogP contribution is -2.43. The number of hydrogen-bond acceptors (Lipinski definition) is 4. The molecule has 0 radical (unpaired) electrons. The van der Waals surface area contributed by atoms with Crippen molar-refractivity contribution in [3.63, 3.8) is 0 Å². The highest BCUT2D eigenvalue weighted by molar-refractivity contribution is 7.13. The third-order valence-electron chi connectivity index (χ3n) is 4.82. The first-order chi connectivity index (χ1) is 9.24. The molecule has 0 aromatic carbocycles. The standard InChI is InChI=1S/C15H25N3S/c1-12-11-19-15(16-12)18-9-5-14(6-10-18)13(2)17-7-3-4-8-17/h11,13-14H,3-10H2,1-2H3/t13-/m0/s1. The minimum Gasteiger partial charge on any atom is -0.348 e. The maximum absolute atomic E-state index is 4.62. The van der Waals surface area contributed by atoms with E-state index in [-0.39, 0.29) is 0 Å². The highest BCUT2D eigenvalue weighted by Crippen LogP contribution is 2.30. The molecule has 1 aromatic rings. The Morgan fingerprint density at radius 3 is 2.47 bits per heavy atom. The summed E-state index contributed by atoms with van der Waals surface area (Å²) in [6.07, 6.45) is 5.47. The fourth-order valence-corrected chi connectivity index (χ4v) is 4.36. The lowest BCUT2D eigenvalue weighted by Gasteiger charge is -2.38. The van der Waals surface area contributed by atoms with Gasteiger partial charge in [0.2, 0.25) is 0 Å². The lowest BCUT2D eigenvalue weighted by atomic mass is 9.89. The monoisotopic (exact) mass is 279 g/mol. The Bertz CT molecular complexity index is 403. The minimum absolute atomic E-state index is 0.780. The molecule has 106 valence electrons. The first-order valence-electron chi connectivity index (χ1n) is 7.65. The lowest BCUT2D eigenvalue weighted by molar-refractivity contribution is 0.168. The predicted octanol–water partition coefficient (Wildman–Crippen LogP) is 3.15. The van der Waals surface area contributed by atoms with Gasteiger partial charge in [-0.2, -0.15) is 0 Å². The van der Waals surface area contributed by atoms with Gasteiger partial charge in [0.25, 0.3) is 0 Å². The molecule has 0 amide bonds. The number of hydrogen-bond donors (Lipinski definition) is 0. The highest BCUT2D eigenvalue weighted by atomic mass is 32.1. The molecular formula is C15H25N3S. The van der Waals surface area contributed by atoms with Crippen molar-refractivity contribution in [2.24, 2.45) is 5.92 Å². The zero-order chi connectivity index (χ0) is 13.2. The Morgan fingerprint density at radius 1 is 1.21 bits per heavy atom. The van der Waals surface area contributed by atoms with Crippen molar-refractivity contribution in [3.05, 3.63) is 11.1 Å². The zero-order valence-corrected chi connectivity index (χ0v) is 13.0. The van der Waals surface area contributed by atoms with Crippen LogP contribution in [0.15, 0.2) is 5.38 Å². The van der Waals surface area contributed by atoms with E-state index in [2.05, 4.69) is 34.0 Å². The molecule has 0 aliphatic carbocycles. The first kappa shape index (κ1) is 13.4. The van der Waals surface area contributed by atoms with E-state index in [9.17, 15) is 0 Å². The molecule has 2 aliphatic rings. The summed E-state index contributed by atoms with van der Waals surface area (Å²) >= 11 is 1.80. The summed E-state index contributed by atoms with van der Waals surface area (Å²) in [6, 6.07) is 0.780. The van der Waals surface area contributed by atoms with Gasteiger partial charge in [-0.25, -0.2) is 4.98 Å². The third kappa shape index (κ3) is 2.95. The van der Waals surface area contributed by atoms with Gasteiger partial charge in [0, 0.05) is 24.5 Å². The van der Waals surface area contributed by atoms with E-state index >= 15 is 0 Å². The van der Waals surface area contributed by atoms with Crippen LogP contribution in [-0.4, -0.2) is 42.1 Å². The molecule has 3 nitrogen and oxygen atoms in total. The van der Waals surface area contributed by atoms with Crippen molar-refractivity contribution < 1.29 is 0 Å². The van der Waals surface area contributed by atoms with Crippen LogP contribution in [0.25, 0.3) is 0 Å². The summed E-state index contributed by atoms with van der Waals surface area (Å²) in [5.41, 5.74) is 1.16. The fraction of sp³-hybridized carbons (Fsp3) is 0.800. The van der Waals surface area contributed by atoms with Gasteiger partial charge < -0.3 is 9.80 Å². The van der Waals surface area contributed by atoms with E-state index in [0.29, 0.717) is 0 Å². The molecule has 1 aromatic heterocycles. The molecule has 0 spiro atoms. The average Bonchev–Trinajstić information content (AvgIpc) is 3.09. The summed E-state index contributed by atoms with van der Waals surface area (Å²) in [4.78, 5) is 9.80. The second kappa shape index (κ2) is 5.80. The van der Waals surface area contributed by atoms with Crippen LogP contribution < -0.4 is 4.90 Å². The Balaban J connectivity index is 1.54. The summed E-state index contributed by atoms with van der Waals surface area (Å²) in [7, 11) is 0.